The molecule has 2 rings (SSSR count). The fourth-order valence-corrected chi connectivity index (χ4v) is 1.99. The van der Waals surface area contributed by atoms with Crippen molar-refractivity contribution in [2.45, 2.75) is 6.92 Å². The first-order valence-electron chi connectivity index (χ1n) is 6.24. The highest BCUT2D eigenvalue weighted by molar-refractivity contribution is 5.90. The zero-order chi connectivity index (χ0) is 15.4. The molecular weight excluding hydrogens is 268 g/mol. The van der Waals surface area contributed by atoms with Crippen LogP contribution >= 0.6 is 0 Å². The number of benzene rings is 2. The molecule has 21 heavy (non-hydrogen) atoms. The summed E-state index contributed by atoms with van der Waals surface area (Å²) in [4.78, 5) is 11.0. The topological polar surface area (TPSA) is 82.3 Å². The van der Waals surface area contributed by atoms with E-state index in [2.05, 4.69) is 11.4 Å². The predicted octanol–water partition coefficient (Wildman–Crippen LogP) is 3.32. The maximum Gasteiger partial charge on any atom is 0.335 e. The molecule has 106 valence electrons. The minimum Gasteiger partial charge on any atom is -0.497 e. The number of methoxy groups -OCH3 is 1. The first kappa shape index (κ1) is 14.4. The van der Waals surface area contributed by atoms with E-state index in [1.807, 2.05) is 0 Å². The lowest BCUT2D eigenvalue weighted by Crippen LogP contribution is -2.01. The summed E-state index contributed by atoms with van der Waals surface area (Å²) in [6.45, 7) is 1.73. The number of nitrogens with one attached hydrogen (secondary N) is 1. The van der Waals surface area contributed by atoms with Crippen LogP contribution in [0, 0.1) is 18.3 Å². The van der Waals surface area contributed by atoms with Gasteiger partial charge in [-0.05, 0) is 42.8 Å². The molecule has 2 aromatic rings. The third-order valence-corrected chi connectivity index (χ3v) is 3.08. The minimum absolute atomic E-state index is 0.256. The summed E-state index contributed by atoms with van der Waals surface area (Å²) >= 11 is 0. The molecule has 0 amide bonds. The van der Waals surface area contributed by atoms with Crippen molar-refractivity contribution < 1.29 is 14.6 Å². The van der Waals surface area contributed by atoms with Gasteiger partial charge < -0.3 is 15.2 Å². The van der Waals surface area contributed by atoms with Gasteiger partial charge in [0.05, 0.1) is 23.9 Å². The smallest absolute Gasteiger partial charge is 0.335 e. The molecule has 0 heterocycles. The second-order valence-corrected chi connectivity index (χ2v) is 4.48. The van der Waals surface area contributed by atoms with E-state index >= 15 is 0 Å². The van der Waals surface area contributed by atoms with Crippen LogP contribution in [-0.4, -0.2) is 18.2 Å². The zero-order valence-corrected chi connectivity index (χ0v) is 11.7. The van der Waals surface area contributed by atoms with Gasteiger partial charge in [0.15, 0.2) is 0 Å². The van der Waals surface area contributed by atoms with E-state index in [0.717, 1.165) is 0 Å². The molecule has 2 N–H and O–H groups in total. The first-order valence-corrected chi connectivity index (χ1v) is 6.24. The largest absolute Gasteiger partial charge is 0.497 e. The van der Waals surface area contributed by atoms with Crippen LogP contribution in [-0.2, 0) is 0 Å². The van der Waals surface area contributed by atoms with Gasteiger partial charge in [-0.25, -0.2) is 4.79 Å². The Bertz CT molecular complexity index is 733. The van der Waals surface area contributed by atoms with E-state index in [0.29, 0.717) is 28.3 Å². The average molecular weight is 282 g/mol. The van der Waals surface area contributed by atoms with E-state index in [1.165, 1.54) is 6.07 Å². The lowest BCUT2D eigenvalue weighted by molar-refractivity contribution is 0.0696. The molecule has 0 radical (unpaired) electrons. The minimum atomic E-state index is -0.960. The van der Waals surface area contributed by atoms with Gasteiger partial charge >= 0.3 is 5.97 Å². The van der Waals surface area contributed by atoms with Crippen LogP contribution in [0.3, 0.4) is 0 Å². The molecule has 0 saturated carbocycles. The third-order valence-electron chi connectivity index (χ3n) is 3.08. The zero-order valence-electron chi connectivity index (χ0n) is 11.7. The standard InChI is InChI=1S/C16H14N2O3/c1-10-7-12(4-6-14(10)16(19)20)18-15-8-13(21-2)5-3-11(15)9-17/h3-8,18H,1-2H3,(H,19,20). The van der Waals surface area contributed by atoms with Crippen LogP contribution < -0.4 is 10.1 Å². The number of carbonyl (C=O) groups is 1. The van der Waals surface area contributed by atoms with E-state index in [9.17, 15) is 4.79 Å². The summed E-state index contributed by atoms with van der Waals surface area (Å²) < 4.78 is 5.14. The van der Waals surface area contributed by atoms with Gasteiger partial charge in [-0.1, -0.05) is 0 Å². The SMILES string of the molecule is COc1ccc(C#N)c(Nc2ccc(C(=O)O)c(C)c2)c1. The molecule has 2 aromatic carbocycles. The molecule has 0 aliphatic carbocycles. The first-order chi connectivity index (χ1) is 10.0. The van der Waals surface area contributed by atoms with Crippen molar-refractivity contribution >= 4 is 17.3 Å². The van der Waals surface area contributed by atoms with Gasteiger partial charge in [0.2, 0.25) is 0 Å². The average Bonchev–Trinajstić information content (AvgIpc) is 2.46. The lowest BCUT2D eigenvalue weighted by atomic mass is 10.1. The number of hydrogen-bond acceptors (Lipinski definition) is 4. The number of carboxylic acids is 1. The molecule has 0 aliphatic rings. The fraction of sp³-hybridized carbons (Fsp3) is 0.125. The van der Waals surface area contributed by atoms with Crippen LogP contribution in [0.1, 0.15) is 21.5 Å². The summed E-state index contributed by atoms with van der Waals surface area (Å²) in [5.41, 5.74) is 2.71. The van der Waals surface area contributed by atoms with E-state index in [4.69, 9.17) is 15.1 Å². The normalized spacial score (nSPS) is 9.76. The summed E-state index contributed by atoms with van der Waals surface area (Å²) in [5, 5.41) is 21.2. The Morgan fingerprint density at radius 1 is 1.29 bits per heavy atom. The number of nitriles is 1. The third kappa shape index (κ3) is 3.12. The highest BCUT2D eigenvalue weighted by Gasteiger charge is 2.09. The summed E-state index contributed by atoms with van der Waals surface area (Å²) in [6, 6.07) is 12.1. The molecule has 5 nitrogen and oxygen atoms in total. The van der Waals surface area contributed by atoms with Crippen molar-refractivity contribution in [2.75, 3.05) is 12.4 Å². The van der Waals surface area contributed by atoms with E-state index < -0.39 is 5.97 Å². The van der Waals surface area contributed by atoms with Crippen molar-refractivity contribution in [3.63, 3.8) is 0 Å². The quantitative estimate of drug-likeness (QED) is 0.898. The van der Waals surface area contributed by atoms with Gasteiger partial charge in [0, 0.05) is 11.8 Å². The maximum atomic E-state index is 11.0. The van der Waals surface area contributed by atoms with Crippen molar-refractivity contribution in [3.05, 3.63) is 53.1 Å². The highest BCUT2D eigenvalue weighted by atomic mass is 16.5. The van der Waals surface area contributed by atoms with Crippen LogP contribution in [0.2, 0.25) is 0 Å². The maximum absolute atomic E-state index is 11.0. The molecule has 0 aromatic heterocycles. The second-order valence-electron chi connectivity index (χ2n) is 4.48. The highest BCUT2D eigenvalue weighted by Crippen LogP contribution is 2.26. The van der Waals surface area contributed by atoms with Crippen LogP contribution in [0.5, 0.6) is 5.75 Å². The Morgan fingerprint density at radius 3 is 2.62 bits per heavy atom. The van der Waals surface area contributed by atoms with Crippen molar-refractivity contribution in [2.24, 2.45) is 0 Å². The Balaban J connectivity index is 2.36. The van der Waals surface area contributed by atoms with Crippen molar-refractivity contribution in [1.29, 1.82) is 5.26 Å². The number of ether oxygens (including phenoxy) is 1. The summed E-state index contributed by atoms with van der Waals surface area (Å²) in [6.07, 6.45) is 0. The van der Waals surface area contributed by atoms with E-state index in [1.54, 1.807) is 44.4 Å². The molecule has 0 unspecified atom stereocenters. The molecule has 0 saturated heterocycles. The summed E-state index contributed by atoms with van der Waals surface area (Å²) in [5.74, 6) is -0.325. The van der Waals surface area contributed by atoms with Gasteiger partial charge in [0.25, 0.3) is 0 Å². The van der Waals surface area contributed by atoms with Crippen LogP contribution in [0.25, 0.3) is 0 Å². The van der Waals surface area contributed by atoms with E-state index in [-0.39, 0.29) is 5.56 Å². The van der Waals surface area contributed by atoms with Crippen molar-refractivity contribution in [1.82, 2.24) is 0 Å². The monoisotopic (exact) mass is 282 g/mol. The molecule has 5 heteroatoms. The van der Waals surface area contributed by atoms with Crippen LogP contribution in [0.15, 0.2) is 36.4 Å². The van der Waals surface area contributed by atoms with Gasteiger partial charge in [-0.3, -0.25) is 0 Å². The van der Waals surface area contributed by atoms with Crippen molar-refractivity contribution in [3.8, 4) is 11.8 Å². The Kier molecular flexibility index (Phi) is 4.10. The molecule has 0 atom stereocenters. The molecule has 0 fully saturated rings. The lowest BCUT2D eigenvalue weighted by Gasteiger charge is -2.11. The number of anilines is 2. The Labute approximate surface area is 122 Å². The molecular formula is C16H14N2O3. The van der Waals surface area contributed by atoms with Gasteiger partial charge in [-0.2, -0.15) is 5.26 Å². The molecule has 0 bridgehead atoms. The number of nitrogens with zero attached hydrogens (tertiary/aromatic N) is 1. The van der Waals surface area contributed by atoms with Gasteiger partial charge in [0.1, 0.15) is 11.8 Å². The second kappa shape index (κ2) is 5.97. The molecule has 0 aliphatic heterocycles. The number of hydrogen-bond donors (Lipinski definition) is 2. The number of aryl methyl sites for hydroxylation is 1. The Morgan fingerprint density at radius 2 is 2.05 bits per heavy atom. The number of carboxylic acid groups (broad SMARTS) is 1. The Hall–Kier alpha value is -3.00. The fourth-order valence-electron chi connectivity index (χ4n) is 1.99. The van der Waals surface area contributed by atoms with Crippen LogP contribution in [0.4, 0.5) is 11.4 Å². The number of rotatable bonds is 4. The summed E-state index contributed by atoms with van der Waals surface area (Å²) in [7, 11) is 1.55. The predicted molar refractivity (Wildman–Crippen MR) is 79.1 cm³/mol. The molecule has 0 spiro atoms. The van der Waals surface area contributed by atoms with Gasteiger partial charge in [-0.15, -0.1) is 0 Å². The number of aromatic carboxylic acids is 1.